The van der Waals surface area contributed by atoms with Crippen LogP contribution in [0.4, 0.5) is 20.2 Å². The van der Waals surface area contributed by atoms with Crippen molar-refractivity contribution in [1.29, 1.82) is 0 Å². The molecule has 1 aliphatic heterocycles. The smallest absolute Gasteiger partial charge is 0.266 e. The molecule has 2 aromatic rings. The van der Waals surface area contributed by atoms with Crippen molar-refractivity contribution in [3.63, 3.8) is 0 Å². The molecule has 0 saturated heterocycles. The Morgan fingerprint density at radius 1 is 0.900 bits per heavy atom. The largest absolute Gasteiger partial charge is 0.396 e. The normalized spacial score (nSPS) is 13.8. The number of anilines is 2. The Hall–Kier alpha value is -2.76. The first-order chi connectivity index (χ1) is 9.50. The van der Waals surface area contributed by atoms with Gasteiger partial charge >= 0.3 is 0 Å². The number of nitrogens with two attached hydrogens (primary N) is 1. The maximum absolute atomic E-state index is 13.8. The van der Waals surface area contributed by atoms with Gasteiger partial charge < -0.3 is 5.73 Å². The zero-order chi connectivity index (χ0) is 14.4. The van der Waals surface area contributed by atoms with Gasteiger partial charge in [0.15, 0.2) is 0 Å². The quantitative estimate of drug-likeness (QED) is 0.641. The minimum absolute atomic E-state index is 0.180. The molecule has 1 aliphatic rings. The van der Waals surface area contributed by atoms with Crippen molar-refractivity contribution in [3.8, 4) is 0 Å². The van der Waals surface area contributed by atoms with Crippen LogP contribution in [-0.4, -0.2) is 11.8 Å². The lowest BCUT2D eigenvalue weighted by Gasteiger charge is -2.15. The number of imide groups is 1. The number of nitrogen functional groups attached to an aromatic ring is 1. The summed E-state index contributed by atoms with van der Waals surface area (Å²) in [4.78, 5) is 25.0. The number of hydrogen-bond donors (Lipinski definition) is 1. The van der Waals surface area contributed by atoms with Crippen molar-refractivity contribution < 1.29 is 18.4 Å². The van der Waals surface area contributed by atoms with Gasteiger partial charge in [-0.2, -0.15) is 0 Å². The molecule has 4 nitrogen and oxygen atoms in total. The second kappa shape index (κ2) is 4.12. The van der Waals surface area contributed by atoms with Gasteiger partial charge in [0.25, 0.3) is 11.8 Å². The van der Waals surface area contributed by atoms with Crippen molar-refractivity contribution in [2.24, 2.45) is 0 Å². The summed E-state index contributed by atoms with van der Waals surface area (Å²) in [7, 11) is 0. The molecule has 0 radical (unpaired) electrons. The first kappa shape index (κ1) is 12.3. The first-order valence-electron chi connectivity index (χ1n) is 5.73. The third-order valence-electron chi connectivity index (χ3n) is 3.10. The van der Waals surface area contributed by atoms with Gasteiger partial charge in [0.1, 0.15) is 11.6 Å². The summed E-state index contributed by atoms with van der Waals surface area (Å²) in [5.74, 6) is -3.28. The van der Waals surface area contributed by atoms with E-state index in [4.69, 9.17) is 5.73 Å². The fourth-order valence-electron chi connectivity index (χ4n) is 2.13. The van der Waals surface area contributed by atoms with Gasteiger partial charge in [0.05, 0.1) is 22.5 Å². The number of rotatable bonds is 1. The molecule has 2 amide bonds. The molecule has 20 heavy (non-hydrogen) atoms. The van der Waals surface area contributed by atoms with Gasteiger partial charge in [-0.1, -0.05) is 12.1 Å². The zero-order valence-electron chi connectivity index (χ0n) is 10.1. The lowest BCUT2D eigenvalue weighted by Crippen LogP contribution is -2.30. The Balaban J connectivity index is 2.17. The van der Waals surface area contributed by atoms with Crippen LogP contribution >= 0.6 is 0 Å². The molecule has 100 valence electrons. The van der Waals surface area contributed by atoms with Crippen LogP contribution in [0.1, 0.15) is 20.7 Å². The minimum atomic E-state index is -1.02. The third kappa shape index (κ3) is 1.58. The summed E-state index contributed by atoms with van der Waals surface area (Å²) in [6.45, 7) is 0. The van der Waals surface area contributed by atoms with E-state index in [0.717, 1.165) is 6.07 Å². The molecule has 0 aromatic heterocycles. The number of carbonyl (C=O) groups is 2. The molecular weight excluding hydrogens is 266 g/mol. The minimum Gasteiger partial charge on any atom is -0.396 e. The van der Waals surface area contributed by atoms with Crippen LogP contribution < -0.4 is 10.6 Å². The van der Waals surface area contributed by atoms with Gasteiger partial charge in [-0.05, 0) is 18.2 Å². The van der Waals surface area contributed by atoms with Crippen LogP contribution in [-0.2, 0) is 0 Å². The third-order valence-corrected chi connectivity index (χ3v) is 3.10. The van der Waals surface area contributed by atoms with E-state index in [-0.39, 0.29) is 22.5 Å². The van der Waals surface area contributed by atoms with Crippen LogP contribution in [0.15, 0.2) is 36.4 Å². The molecular formula is C14H8F2N2O2. The molecule has 2 aromatic carbocycles. The second-order valence-corrected chi connectivity index (χ2v) is 4.32. The Bertz CT molecular complexity index is 724. The van der Waals surface area contributed by atoms with Crippen molar-refractivity contribution in [2.75, 3.05) is 10.6 Å². The average Bonchev–Trinajstić information content (AvgIpc) is 2.68. The Labute approximate surface area is 112 Å². The highest BCUT2D eigenvalue weighted by Gasteiger charge is 2.37. The highest BCUT2D eigenvalue weighted by molar-refractivity contribution is 6.34. The van der Waals surface area contributed by atoms with E-state index >= 15 is 0 Å². The SMILES string of the molecule is Nc1cc(N2C(=O)c3ccccc3C2=O)c(F)cc1F. The summed E-state index contributed by atoms with van der Waals surface area (Å²) in [5, 5.41) is 0. The van der Waals surface area contributed by atoms with Gasteiger partial charge in [0, 0.05) is 6.07 Å². The van der Waals surface area contributed by atoms with Gasteiger partial charge in [-0.15, -0.1) is 0 Å². The maximum Gasteiger partial charge on any atom is 0.266 e. The number of hydrogen-bond acceptors (Lipinski definition) is 3. The molecule has 1 heterocycles. The Kier molecular flexibility index (Phi) is 2.53. The van der Waals surface area contributed by atoms with E-state index in [0.29, 0.717) is 11.0 Å². The van der Waals surface area contributed by atoms with E-state index in [1.165, 1.54) is 12.1 Å². The summed E-state index contributed by atoms with van der Waals surface area (Å²) in [6, 6.07) is 7.63. The molecule has 0 bridgehead atoms. The van der Waals surface area contributed by atoms with Crippen molar-refractivity contribution >= 4 is 23.2 Å². The number of halogens is 2. The number of amides is 2. The Morgan fingerprint density at radius 3 is 2.00 bits per heavy atom. The van der Waals surface area contributed by atoms with Gasteiger partial charge in [-0.25, -0.2) is 13.7 Å². The van der Waals surface area contributed by atoms with Crippen LogP contribution in [0.5, 0.6) is 0 Å². The molecule has 2 N–H and O–H groups in total. The van der Waals surface area contributed by atoms with E-state index in [2.05, 4.69) is 0 Å². The van der Waals surface area contributed by atoms with Crippen LogP contribution in [0.2, 0.25) is 0 Å². The molecule has 0 fully saturated rings. The lowest BCUT2D eigenvalue weighted by molar-refractivity contribution is 0.0925. The number of carbonyl (C=O) groups excluding carboxylic acids is 2. The standard InChI is InChI=1S/C14H8F2N2O2/c15-9-5-10(16)12(6-11(9)17)18-13(19)7-3-1-2-4-8(7)14(18)20/h1-6H,17H2. The highest BCUT2D eigenvalue weighted by Crippen LogP contribution is 2.32. The lowest BCUT2D eigenvalue weighted by atomic mass is 10.1. The molecule has 0 aliphatic carbocycles. The Morgan fingerprint density at radius 2 is 1.45 bits per heavy atom. The van der Waals surface area contributed by atoms with Gasteiger partial charge in [0.2, 0.25) is 0 Å². The van der Waals surface area contributed by atoms with Crippen LogP contribution in [0.3, 0.4) is 0 Å². The summed E-state index contributed by atoms with van der Waals surface area (Å²) in [5.41, 5.74) is 5.04. The highest BCUT2D eigenvalue weighted by atomic mass is 19.1. The monoisotopic (exact) mass is 274 g/mol. The molecule has 0 spiro atoms. The van der Waals surface area contributed by atoms with E-state index < -0.39 is 23.4 Å². The summed E-state index contributed by atoms with van der Waals surface area (Å²) in [6.07, 6.45) is 0. The second-order valence-electron chi connectivity index (χ2n) is 4.32. The van der Waals surface area contributed by atoms with E-state index in [9.17, 15) is 18.4 Å². The van der Waals surface area contributed by atoms with E-state index in [1.54, 1.807) is 12.1 Å². The number of nitrogens with zero attached hydrogens (tertiary/aromatic N) is 1. The summed E-state index contributed by atoms with van der Waals surface area (Å²) >= 11 is 0. The topological polar surface area (TPSA) is 63.4 Å². The van der Waals surface area contributed by atoms with Gasteiger partial charge in [-0.3, -0.25) is 9.59 Å². The fraction of sp³-hybridized carbons (Fsp3) is 0. The molecule has 0 unspecified atom stereocenters. The molecule has 6 heteroatoms. The molecule has 0 atom stereocenters. The fourth-order valence-corrected chi connectivity index (χ4v) is 2.13. The summed E-state index contributed by atoms with van der Waals surface area (Å²) < 4.78 is 27.0. The first-order valence-corrected chi connectivity index (χ1v) is 5.73. The zero-order valence-corrected chi connectivity index (χ0v) is 10.1. The van der Waals surface area contributed by atoms with Crippen molar-refractivity contribution in [2.45, 2.75) is 0 Å². The number of fused-ring (bicyclic) bond motifs is 1. The molecule has 3 rings (SSSR count). The van der Waals surface area contributed by atoms with E-state index in [1.807, 2.05) is 0 Å². The average molecular weight is 274 g/mol. The predicted molar refractivity (Wildman–Crippen MR) is 68.4 cm³/mol. The van der Waals surface area contributed by atoms with Crippen molar-refractivity contribution in [1.82, 2.24) is 0 Å². The molecule has 0 saturated carbocycles. The predicted octanol–water partition coefficient (Wildman–Crippen LogP) is 2.35. The van der Waals surface area contributed by atoms with Crippen molar-refractivity contribution in [3.05, 3.63) is 59.2 Å². The maximum atomic E-state index is 13.8. The van der Waals surface area contributed by atoms with Crippen LogP contribution in [0.25, 0.3) is 0 Å². The number of benzene rings is 2. The van der Waals surface area contributed by atoms with Crippen LogP contribution in [0, 0.1) is 11.6 Å².